The van der Waals surface area contributed by atoms with Gasteiger partial charge in [0, 0.05) is 18.0 Å². The lowest BCUT2D eigenvalue weighted by molar-refractivity contribution is -0.141. The Kier molecular flexibility index (Phi) is 6.63. The van der Waals surface area contributed by atoms with E-state index in [-0.39, 0.29) is 30.8 Å². The Labute approximate surface area is 187 Å². The van der Waals surface area contributed by atoms with Crippen LogP contribution in [0.5, 0.6) is 0 Å². The molecule has 0 aliphatic carbocycles. The van der Waals surface area contributed by atoms with Crippen molar-refractivity contribution in [2.24, 2.45) is 0 Å². The largest absolute Gasteiger partial charge is 0.330 e. The monoisotopic (exact) mass is 430 g/mol. The zero-order valence-corrected chi connectivity index (χ0v) is 18.3. The van der Waals surface area contributed by atoms with Gasteiger partial charge < -0.3 is 9.80 Å². The van der Waals surface area contributed by atoms with Crippen molar-refractivity contribution < 1.29 is 9.59 Å². The van der Waals surface area contributed by atoms with Crippen LogP contribution in [0.25, 0.3) is 0 Å². The standard InChI is InChI=1S/C26H26N2O2S/c1-2-15-27(24(29)18-20-9-5-3-6-10-20)19-25(30)28-16-13-23-22(14-17-31-23)26(28)21-11-7-4-8-12-21/h2-12,14,17,26H,1,13,15-16,18-19H2. The second-order valence-electron chi connectivity index (χ2n) is 7.67. The average Bonchev–Trinajstić information content (AvgIpc) is 3.28. The Hall–Kier alpha value is -3.18. The molecule has 0 radical (unpaired) electrons. The van der Waals surface area contributed by atoms with Gasteiger partial charge in [0.15, 0.2) is 0 Å². The summed E-state index contributed by atoms with van der Waals surface area (Å²) in [6.07, 6.45) is 2.80. The third-order valence-electron chi connectivity index (χ3n) is 5.63. The number of nitrogens with zero attached hydrogens (tertiary/aromatic N) is 2. The molecule has 1 aromatic heterocycles. The summed E-state index contributed by atoms with van der Waals surface area (Å²) < 4.78 is 0. The fourth-order valence-corrected chi connectivity index (χ4v) is 5.03. The number of amides is 2. The molecule has 0 spiro atoms. The number of carbonyl (C=O) groups is 2. The van der Waals surface area contributed by atoms with Crippen molar-refractivity contribution in [3.63, 3.8) is 0 Å². The fourth-order valence-electron chi connectivity index (χ4n) is 4.13. The normalized spacial score (nSPS) is 15.2. The van der Waals surface area contributed by atoms with Crippen molar-refractivity contribution in [2.45, 2.75) is 18.9 Å². The summed E-state index contributed by atoms with van der Waals surface area (Å²) in [7, 11) is 0. The topological polar surface area (TPSA) is 40.6 Å². The molecule has 4 rings (SSSR count). The summed E-state index contributed by atoms with van der Waals surface area (Å²) in [6.45, 7) is 4.84. The Morgan fingerprint density at radius 2 is 1.77 bits per heavy atom. The lowest BCUT2D eigenvalue weighted by atomic mass is 9.93. The third kappa shape index (κ3) is 4.78. The minimum atomic E-state index is -0.112. The third-order valence-corrected chi connectivity index (χ3v) is 6.62. The molecule has 158 valence electrons. The molecular formula is C26H26N2O2S. The van der Waals surface area contributed by atoms with Crippen molar-refractivity contribution in [2.75, 3.05) is 19.6 Å². The summed E-state index contributed by atoms with van der Waals surface area (Å²) in [6, 6.07) is 21.8. The molecular weight excluding hydrogens is 404 g/mol. The van der Waals surface area contributed by atoms with E-state index in [0.717, 1.165) is 17.5 Å². The van der Waals surface area contributed by atoms with Gasteiger partial charge in [0.2, 0.25) is 11.8 Å². The molecule has 3 aromatic rings. The summed E-state index contributed by atoms with van der Waals surface area (Å²) in [5, 5.41) is 2.10. The maximum Gasteiger partial charge on any atom is 0.243 e. The Morgan fingerprint density at radius 1 is 1.06 bits per heavy atom. The van der Waals surface area contributed by atoms with E-state index in [2.05, 4.69) is 30.2 Å². The molecule has 0 saturated heterocycles. The average molecular weight is 431 g/mol. The minimum Gasteiger partial charge on any atom is -0.330 e. The van der Waals surface area contributed by atoms with E-state index in [1.165, 1.54) is 10.4 Å². The molecule has 5 heteroatoms. The zero-order chi connectivity index (χ0) is 21.6. The highest BCUT2D eigenvalue weighted by atomic mass is 32.1. The van der Waals surface area contributed by atoms with Gasteiger partial charge >= 0.3 is 0 Å². The number of benzene rings is 2. The first-order valence-corrected chi connectivity index (χ1v) is 11.4. The Balaban J connectivity index is 1.55. The van der Waals surface area contributed by atoms with E-state index in [1.807, 2.05) is 53.4 Å². The molecule has 4 nitrogen and oxygen atoms in total. The van der Waals surface area contributed by atoms with Crippen LogP contribution in [0.4, 0.5) is 0 Å². The molecule has 31 heavy (non-hydrogen) atoms. The first-order valence-electron chi connectivity index (χ1n) is 10.5. The van der Waals surface area contributed by atoms with Crippen molar-refractivity contribution in [1.82, 2.24) is 9.80 Å². The SMILES string of the molecule is C=CCN(CC(=O)N1CCc2sccc2C1c1ccccc1)C(=O)Cc1ccccc1. The summed E-state index contributed by atoms with van der Waals surface area (Å²) >= 11 is 1.75. The number of hydrogen-bond acceptors (Lipinski definition) is 3. The molecule has 1 atom stereocenters. The van der Waals surface area contributed by atoms with Gasteiger partial charge in [0.1, 0.15) is 6.54 Å². The Bertz CT molecular complexity index is 1050. The minimum absolute atomic E-state index is 0.0334. The van der Waals surface area contributed by atoms with Crippen LogP contribution in [-0.2, 0) is 22.4 Å². The van der Waals surface area contributed by atoms with Gasteiger partial charge in [-0.1, -0.05) is 66.7 Å². The maximum absolute atomic E-state index is 13.5. The van der Waals surface area contributed by atoms with Gasteiger partial charge in [-0.05, 0) is 34.6 Å². The van der Waals surface area contributed by atoms with E-state index < -0.39 is 0 Å². The van der Waals surface area contributed by atoms with E-state index in [4.69, 9.17) is 0 Å². The first kappa shape index (κ1) is 21.1. The van der Waals surface area contributed by atoms with Crippen LogP contribution in [0.15, 0.2) is 84.8 Å². The predicted molar refractivity (Wildman–Crippen MR) is 125 cm³/mol. The molecule has 2 amide bonds. The van der Waals surface area contributed by atoms with Crippen LogP contribution in [0.1, 0.15) is 27.6 Å². The second-order valence-corrected chi connectivity index (χ2v) is 8.68. The second kappa shape index (κ2) is 9.75. The molecule has 2 heterocycles. The molecule has 0 fully saturated rings. The van der Waals surface area contributed by atoms with Gasteiger partial charge in [0.25, 0.3) is 0 Å². The predicted octanol–water partition coefficient (Wildman–Crippen LogP) is 4.48. The Morgan fingerprint density at radius 3 is 2.48 bits per heavy atom. The maximum atomic E-state index is 13.5. The van der Waals surface area contributed by atoms with Gasteiger partial charge in [-0.25, -0.2) is 0 Å². The molecule has 0 bridgehead atoms. The van der Waals surface area contributed by atoms with Gasteiger partial charge in [-0.15, -0.1) is 17.9 Å². The van der Waals surface area contributed by atoms with Crippen molar-refractivity contribution in [1.29, 1.82) is 0 Å². The smallest absolute Gasteiger partial charge is 0.243 e. The van der Waals surface area contributed by atoms with Gasteiger partial charge in [0.05, 0.1) is 12.5 Å². The molecule has 1 aliphatic rings. The molecule has 0 saturated carbocycles. The number of hydrogen-bond donors (Lipinski definition) is 0. The summed E-state index contributed by atoms with van der Waals surface area (Å²) in [4.78, 5) is 31.3. The number of fused-ring (bicyclic) bond motifs is 1. The zero-order valence-electron chi connectivity index (χ0n) is 17.4. The lowest BCUT2D eigenvalue weighted by Crippen LogP contribution is -2.47. The lowest BCUT2D eigenvalue weighted by Gasteiger charge is -2.37. The van der Waals surface area contributed by atoms with Crippen LogP contribution < -0.4 is 0 Å². The van der Waals surface area contributed by atoms with E-state index in [9.17, 15) is 9.59 Å². The van der Waals surface area contributed by atoms with Crippen molar-refractivity contribution in [3.8, 4) is 0 Å². The number of carbonyl (C=O) groups excluding carboxylic acids is 2. The molecule has 1 unspecified atom stereocenters. The van der Waals surface area contributed by atoms with Gasteiger partial charge in [-0.3, -0.25) is 9.59 Å². The summed E-state index contributed by atoms with van der Waals surface area (Å²) in [5.41, 5.74) is 3.24. The highest BCUT2D eigenvalue weighted by Crippen LogP contribution is 2.37. The first-order chi connectivity index (χ1) is 15.2. The quantitative estimate of drug-likeness (QED) is 0.519. The van der Waals surface area contributed by atoms with Crippen molar-refractivity contribution in [3.05, 3.63) is 106 Å². The molecule has 2 aromatic carbocycles. The van der Waals surface area contributed by atoms with E-state index >= 15 is 0 Å². The fraction of sp³-hybridized carbons (Fsp3) is 0.231. The van der Waals surface area contributed by atoms with Crippen molar-refractivity contribution >= 4 is 23.2 Å². The number of rotatable bonds is 7. The molecule has 0 N–H and O–H groups in total. The van der Waals surface area contributed by atoms with Crippen LogP contribution in [0.2, 0.25) is 0 Å². The van der Waals surface area contributed by atoms with Gasteiger partial charge in [-0.2, -0.15) is 0 Å². The summed E-state index contributed by atoms with van der Waals surface area (Å²) in [5.74, 6) is -0.0992. The highest BCUT2D eigenvalue weighted by Gasteiger charge is 2.33. The van der Waals surface area contributed by atoms with Crippen LogP contribution in [0.3, 0.4) is 0 Å². The molecule has 1 aliphatic heterocycles. The highest BCUT2D eigenvalue weighted by molar-refractivity contribution is 7.10. The van der Waals surface area contributed by atoms with Crippen LogP contribution in [0, 0.1) is 0 Å². The van der Waals surface area contributed by atoms with Crippen LogP contribution >= 0.6 is 11.3 Å². The van der Waals surface area contributed by atoms with Crippen LogP contribution in [-0.4, -0.2) is 41.2 Å². The van der Waals surface area contributed by atoms with E-state index in [0.29, 0.717) is 13.1 Å². The van der Waals surface area contributed by atoms with E-state index in [1.54, 1.807) is 22.3 Å². The number of thiophene rings is 1.